The van der Waals surface area contributed by atoms with Gasteiger partial charge in [0, 0.05) is 36.6 Å². The van der Waals surface area contributed by atoms with Crippen molar-refractivity contribution in [3.05, 3.63) is 29.3 Å². The first-order valence-electron chi connectivity index (χ1n) is 9.50. The van der Waals surface area contributed by atoms with E-state index in [1.165, 1.54) is 5.56 Å². The molecule has 154 valence electrons. The van der Waals surface area contributed by atoms with Gasteiger partial charge in [-0.15, -0.1) is 24.0 Å². The Kier molecular flexibility index (Phi) is 11.5. The molecule has 0 atom stereocenters. The van der Waals surface area contributed by atoms with E-state index in [0.29, 0.717) is 13.2 Å². The van der Waals surface area contributed by atoms with Crippen molar-refractivity contribution in [3.63, 3.8) is 0 Å². The lowest BCUT2D eigenvalue weighted by Gasteiger charge is -2.36. The van der Waals surface area contributed by atoms with Gasteiger partial charge in [0.15, 0.2) is 5.96 Å². The number of benzene rings is 1. The summed E-state index contributed by atoms with van der Waals surface area (Å²) in [5.41, 5.74) is 2.31. The highest BCUT2D eigenvalue weighted by atomic mass is 127. The Morgan fingerprint density at radius 2 is 2.00 bits per heavy atom. The fourth-order valence-corrected chi connectivity index (χ4v) is 3.82. The molecule has 0 radical (unpaired) electrons. The summed E-state index contributed by atoms with van der Waals surface area (Å²) in [7, 11) is 0. The van der Waals surface area contributed by atoms with E-state index in [9.17, 15) is 0 Å². The summed E-state index contributed by atoms with van der Waals surface area (Å²) in [6.45, 7) is 10.9. The van der Waals surface area contributed by atoms with E-state index in [1.54, 1.807) is 0 Å². The maximum absolute atomic E-state index is 5.77. The van der Waals surface area contributed by atoms with Crippen molar-refractivity contribution in [2.24, 2.45) is 4.99 Å². The molecule has 0 amide bonds. The van der Waals surface area contributed by atoms with E-state index >= 15 is 0 Å². The number of ether oxygens (including phenoxy) is 2. The summed E-state index contributed by atoms with van der Waals surface area (Å²) in [6, 6.07) is 6.30. The highest BCUT2D eigenvalue weighted by molar-refractivity contribution is 14.0. The molecule has 1 fully saturated rings. The highest BCUT2D eigenvalue weighted by Gasteiger charge is 2.31. The summed E-state index contributed by atoms with van der Waals surface area (Å²) in [5.74, 6) is 1.78. The maximum Gasteiger partial charge on any atom is 0.191 e. The van der Waals surface area contributed by atoms with Gasteiger partial charge >= 0.3 is 0 Å². The van der Waals surface area contributed by atoms with Crippen LogP contribution in [-0.4, -0.2) is 49.9 Å². The van der Waals surface area contributed by atoms with Gasteiger partial charge in [-0.1, -0.05) is 12.1 Å². The SMILES string of the molecule is CCNC(=NCc1ccc(C)cc1OCC)NCC1(SC)CCOCC1.I. The fourth-order valence-electron chi connectivity index (χ4n) is 3.03. The minimum Gasteiger partial charge on any atom is -0.494 e. The van der Waals surface area contributed by atoms with Crippen LogP contribution in [0.2, 0.25) is 0 Å². The summed E-state index contributed by atoms with van der Waals surface area (Å²) in [4.78, 5) is 4.78. The summed E-state index contributed by atoms with van der Waals surface area (Å²) in [6.07, 6.45) is 4.35. The maximum atomic E-state index is 5.77. The summed E-state index contributed by atoms with van der Waals surface area (Å²) >= 11 is 1.93. The van der Waals surface area contributed by atoms with Crippen LogP contribution in [0.25, 0.3) is 0 Å². The number of aliphatic imine (C=N–C) groups is 1. The second kappa shape index (κ2) is 12.7. The quantitative estimate of drug-likeness (QED) is 0.317. The van der Waals surface area contributed by atoms with Crippen LogP contribution in [0.15, 0.2) is 23.2 Å². The number of nitrogens with one attached hydrogen (secondary N) is 2. The van der Waals surface area contributed by atoms with Crippen molar-refractivity contribution >= 4 is 41.7 Å². The third kappa shape index (κ3) is 7.69. The lowest BCUT2D eigenvalue weighted by Crippen LogP contribution is -2.47. The van der Waals surface area contributed by atoms with Gasteiger partial charge in [-0.3, -0.25) is 0 Å². The number of thioether (sulfide) groups is 1. The third-order valence-corrected chi connectivity index (χ3v) is 6.11. The Morgan fingerprint density at radius 1 is 1.26 bits per heavy atom. The molecule has 1 saturated heterocycles. The molecule has 27 heavy (non-hydrogen) atoms. The predicted molar refractivity (Wildman–Crippen MR) is 127 cm³/mol. The van der Waals surface area contributed by atoms with Gasteiger partial charge in [-0.05, 0) is 51.5 Å². The minimum absolute atomic E-state index is 0. The molecule has 0 bridgehead atoms. The zero-order valence-electron chi connectivity index (χ0n) is 17.0. The van der Waals surface area contributed by atoms with E-state index in [4.69, 9.17) is 14.5 Å². The van der Waals surface area contributed by atoms with Crippen molar-refractivity contribution in [2.75, 3.05) is 39.2 Å². The molecule has 1 heterocycles. The number of rotatable bonds is 8. The molecule has 2 N–H and O–H groups in total. The number of hydrogen-bond acceptors (Lipinski definition) is 4. The standard InChI is InChI=1S/C20H33N3O2S.HI/c1-5-21-19(23-15-20(26-4)9-11-24-12-10-20)22-14-17-8-7-16(3)13-18(17)25-6-2;/h7-8,13H,5-6,9-12,14-15H2,1-4H3,(H2,21,22,23);1H. The Labute approximate surface area is 185 Å². The van der Waals surface area contributed by atoms with Crippen LogP contribution in [0.1, 0.15) is 37.8 Å². The van der Waals surface area contributed by atoms with Gasteiger partial charge in [-0.2, -0.15) is 11.8 Å². The van der Waals surface area contributed by atoms with Crippen molar-refractivity contribution < 1.29 is 9.47 Å². The Morgan fingerprint density at radius 3 is 2.63 bits per heavy atom. The molecular weight excluding hydrogens is 473 g/mol. The Hall–Kier alpha value is -0.670. The molecule has 0 spiro atoms. The average Bonchev–Trinajstić information content (AvgIpc) is 2.66. The lowest BCUT2D eigenvalue weighted by molar-refractivity contribution is 0.0783. The summed E-state index contributed by atoms with van der Waals surface area (Å²) < 4.78 is 11.5. The average molecular weight is 507 g/mol. The first kappa shape index (κ1) is 24.4. The van der Waals surface area contributed by atoms with Crippen LogP contribution in [0, 0.1) is 6.92 Å². The topological polar surface area (TPSA) is 54.9 Å². The molecule has 1 aromatic rings. The van der Waals surface area contributed by atoms with Gasteiger partial charge in [0.05, 0.1) is 13.2 Å². The van der Waals surface area contributed by atoms with Crippen molar-refractivity contribution in [3.8, 4) is 5.75 Å². The van der Waals surface area contributed by atoms with E-state index in [0.717, 1.165) is 56.4 Å². The van der Waals surface area contributed by atoms with Gasteiger partial charge < -0.3 is 20.1 Å². The third-order valence-electron chi connectivity index (χ3n) is 4.69. The molecule has 7 heteroatoms. The number of hydrogen-bond donors (Lipinski definition) is 2. The Balaban J connectivity index is 0.00000364. The smallest absolute Gasteiger partial charge is 0.191 e. The number of guanidine groups is 1. The number of aryl methyl sites for hydroxylation is 1. The molecule has 1 aromatic carbocycles. The molecule has 0 aromatic heterocycles. The first-order chi connectivity index (χ1) is 12.6. The lowest BCUT2D eigenvalue weighted by atomic mass is 9.99. The highest BCUT2D eigenvalue weighted by Crippen LogP contribution is 2.33. The van der Waals surface area contributed by atoms with Gasteiger partial charge in [0.2, 0.25) is 0 Å². The van der Waals surface area contributed by atoms with Crippen LogP contribution >= 0.6 is 35.7 Å². The van der Waals surface area contributed by atoms with E-state index in [1.807, 2.05) is 18.7 Å². The zero-order valence-corrected chi connectivity index (χ0v) is 20.1. The molecule has 1 aliphatic heterocycles. The van der Waals surface area contributed by atoms with Crippen LogP contribution in [-0.2, 0) is 11.3 Å². The van der Waals surface area contributed by atoms with Gasteiger partial charge in [0.1, 0.15) is 5.75 Å². The van der Waals surface area contributed by atoms with Crippen molar-refractivity contribution in [2.45, 2.75) is 44.9 Å². The number of nitrogens with zero attached hydrogens (tertiary/aromatic N) is 1. The van der Waals surface area contributed by atoms with Gasteiger partial charge in [-0.25, -0.2) is 4.99 Å². The normalized spacial score (nSPS) is 16.4. The molecule has 1 aliphatic rings. The predicted octanol–water partition coefficient (Wildman–Crippen LogP) is 3.98. The van der Waals surface area contributed by atoms with Gasteiger partial charge in [0.25, 0.3) is 0 Å². The second-order valence-electron chi connectivity index (χ2n) is 6.59. The monoisotopic (exact) mass is 507 g/mol. The molecule has 2 rings (SSSR count). The van der Waals surface area contributed by atoms with Crippen LogP contribution in [0.5, 0.6) is 5.75 Å². The zero-order chi connectivity index (χ0) is 18.8. The number of halogens is 1. The first-order valence-corrected chi connectivity index (χ1v) is 10.7. The Bertz CT molecular complexity index is 593. The largest absolute Gasteiger partial charge is 0.494 e. The van der Waals surface area contributed by atoms with Crippen LogP contribution < -0.4 is 15.4 Å². The minimum atomic E-state index is 0. The summed E-state index contributed by atoms with van der Waals surface area (Å²) in [5, 5.41) is 6.89. The second-order valence-corrected chi connectivity index (χ2v) is 7.87. The van der Waals surface area contributed by atoms with Crippen LogP contribution in [0.3, 0.4) is 0 Å². The van der Waals surface area contributed by atoms with Crippen molar-refractivity contribution in [1.29, 1.82) is 0 Å². The molecule has 0 aliphatic carbocycles. The van der Waals surface area contributed by atoms with E-state index in [2.05, 4.69) is 48.9 Å². The molecular formula is C20H34IN3O2S. The van der Waals surface area contributed by atoms with E-state index < -0.39 is 0 Å². The fraction of sp³-hybridized carbons (Fsp3) is 0.650. The molecule has 0 saturated carbocycles. The molecule has 0 unspecified atom stereocenters. The van der Waals surface area contributed by atoms with Crippen molar-refractivity contribution in [1.82, 2.24) is 10.6 Å². The molecule has 5 nitrogen and oxygen atoms in total. The van der Waals surface area contributed by atoms with E-state index in [-0.39, 0.29) is 28.7 Å². The van der Waals surface area contributed by atoms with Crippen LogP contribution in [0.4, 0.5) is 0 Å².